The van der Waals surface area contributed by atoms with Gasteiger partial charge in [0.15, 0.2) is 6.19 Å². The molecule has 4 nitrogen and oxygen atoms in total. The average molecular weight is 193 g/mol. The van der Waals surface area contributed by atoms with E-state index >= 15 is 0 Å². The van der Waals surface area contributed by atoms with Crippen LogP contribution in [-0.4, -0.2) is 29.9 Å². The normalized spacial score (nSPS) is 36.1. The average Bonchev–Trinajstić information content (AvgIpc) is 2.73. The Bertz CT molecular complexity index is 296. The van der Waals surface area contributed by atoms with Crippen LogP contribution in [0.1, 0.15) is 26.2 Å². The van der Waals surface area contributed by atoms with Gasteiger partial charge < -0.3 is 10.2 Å². The monoisotopic (exact) mass is 193 g/mol. The summed E-state index contributed by atoms with van der Waals surface area (Å²) in [5.74, 6) is 0.155. The fourth-order valence-electron chi connectivity index (χ4n) is 2.92. The molecule has 4 heteroatoms. The molecule has 2 atom stereocenters. The first-order chi connectivity index (χ1) is 6.74. The molecule has 0 aromatic carbocycles. The molecule has 2 aliphatic heterocycles. The summed E-state index contributed by atoms with van der Waals surface area (Å²) in [5.41, 5.74) is -0.259. The fraction of sp³-hybridized carbons (Fsp3) is 0.800. The van der Waals surface area contributed by atoms with Crippen LogP contribution in [0, 0.1) is 16.9 Å². The van der Waals surface area contributed by atoms with Gasteiger partial charge in [-0.2, -0.15) is 5.26 Å². The number of hydrogen-bond donors (Lipinski definition) is 1. The van der Waals surface area contributed by atoms with Crippen molar-refractivity contribution >= 4 is 5.91 Å². The fourth-order valence-corrected chi connectivity index (χ4v) is 2.92. The largest absolute Gasteiger partial charge is 0.356 e. The lowest BCUT2D eigenvalue weighted by Crippen LogP contribution is -2.42. The van der Waals surface area contributed by atoms with E-state index in [2.05, 4.69) is 11.5 Å². The minimum Gasteiger partial charge on any atom is -0.356 e. The molecule has 2 fully saturated rings. The van der Waals surface area contributed by atoms with Crippen molar-refractivity contribution in [2.45, 2.75) is 32.2 Å². The SMILES string of the molecule is CCC1N(C#N)CCC12CCNC2=O. The Morgan fingerprint density at radius 2 is 2.50 bits per heavy atom. The van der Waals surface area contributed by atoms with E-state index in [1.165, 1.54) is 0 Å². The minimum atomic E-state index is -0.259. The summed E-state index contributed by atoms with van der Waals surface area (Å²) in [6, 6.07) is 0.120. The van der Waals surface area contributed by atoms with E-state index in [-0.39, 0.29) is 17.4 Å². The zero-order valence-electron chi connectivity index (χ0n) is 8.42. The van der Waals surface area contributed by atoms with E-state index in [0.29, 0.717) is 0 Å². The second kappa shape index (κ2) is 3.16. The van der Waals surface area contributed by atoms with E-state index in [0.717, 1.165) is 32.4 Å². The van der Waals surface area contributed by atoms with Gasteiger partial charge in [-0.3, -0.25) is 4.79 Å². The highest BCUT2D eigenvalue weighted by Crippen LogP contribution is 2.43. The van der Waals surface area contributed by atoms with Gasteiger partial charge in [0.2, 0.25) is 5.91 Å². The summed E-state index contributed by atoms with van der Waals surface area (Å²) in [4.78, 5) is 13.6. The van der Waals surface area contributed by atoms with Gasteiger partial charge >= 0.3 is 0 Å². The van der Waals surface area contributed by atoms with Crippen LogP contribution in [0.3, 0.4) is 0 Å². The van der Waals surface area contributed by atoms with Gasteiger partial charge in [-0.25, -0.2) is 0 Å². The first-order valence-corrected chi connectivity index (χ1v) is 5.19. The maximum Gasteiger partial charge on any atom is 0.228 e. The van der Waals surface area contributed by atoms with Crippen molar-refractivity contribution in [3.63, 3.8) is 0 Å². The Hall–Kier alpha value is -1.24. The molecule has 2 rings (SSSR count). The third-order valence-corrected chi connectivity index (χ3v) is 3.64. The van der Waals surface area contributed by atoms with Gasteiger partial charge in [-0.1, -0.05) is 6.92 Å². The van der Waals surface area contributed by atoms with Gasteiger partial charge in [0, 0.05) is 13.1 Å². The van der Waals surface area contributed by atoms with Crippen molar-refractivity contribution in [3.05, 3.63) is 0 Å². The standard InChI is InChI=1S/C10H15N3O/c1-2-8-10(3-5-12-9(10)14)4-6-13(8)7-11/h8H,2-6H2,1H3,(H,12,14). The molecule has 0 aromatic rings. The summed E-state index contributed by atoms with van der Waals surface area (Å²) >= 11 is 0. The van der Waals surface area contributed by atoms with Crippen LogP contribution in [0.15, 0.2) is 0 Å². The highest BCUT2D eigenvalue weighted by Gasteiger charge is 2.53. The molecule has 2 saturated heterocycles. The third kappa shape index (κ3) is 1.02. The highest BCUT2D eigenvalue weighted by molar-refractivity contribution is 5.86. The number of nitrogens with one attached hydrogen (secondary N) is 1. The van der Waals surface area contributed by atoms with Crippen LogP contribution in [0.5, 0.6) is 0 Å². The lowest BCUT2D eigenvalue weighted by atomic mass is 9.78. The summed E-state index contributed by atoms with van der Waals surface area (Å²) in [6.45, 7) is 3.56. The Balaban J connectivity index is 2.28. The smallest absolute Gasteiger partial charge is 0.228 e. The third-order valence-electron chi connectivity index (χ3n) is 3.64. The lowest BCUT2D eigenvalue weighted by Gasteiger charge is -2.29. The molecule has 0 saturated carbocycles. The number of nitrogens with zero attached hydrogens (tertiary/aromatic N) is 2. The zero-order chi connectivity index (χ0) is 10.2. The molecule has 1 N–H and O–H groups in total. The second-order valence-corrected chi connectivity index (χ2v) is 4.13. The topological polar surface area (TPSA) is 56.1 Å². The molecule has 1 amide bonds. The molecule has 2 heterocycles. The van der Waals surface area contributed by atoms with Crippen molar-refractivity contribution in [3.8, 4) is 6.19 Å². The van der Waals surface area contributed by atoms with Crippen LogP contribution >= 0.6 is 0 Å². The van der Waals surface area contributed by atoms with Crippen molar-refractivity contribution in [1.29, 1.82) is 5.26 Å². The van der Waals surface area contributed by atoms with Gasteiger partial charge in [0.05, 0.1) is 11.5 Å². The Morgan fingerprint density at radius 3 is 3.00 bits per heavy atom. The lowest BCUT2D eigenvalue weighted by molar-refractivity contribution is -0.128. The predicted molar refractivity (Wildman–Crippen MR) is 51.1 cm³/mol. The summed E-state index contributed by atoms with van der Waals surface area (Å²) in [6.07, 6.45) is 4.80. The van der Waals surface area contributed by atoms with Crippen molar-refractivity contribution in [1.82, 2.24) is 10.2 Å². The molecule has 2 aliphatic rings. The van der Waals surface area contributed by atoms with Crippen molar-refractivity contribution in [2.24, 2.45) is 5.41 Å². The number of carbonyl (C=O) groups excluding carboxylic acids is 1. The van der Waals surface area contributed by atoms with Gasteiger partial charge in [0.1, 0.15) is 0 Å². The second-order valence-electron chi connectivity index (χ2n) is 4.13. The molecule has 0 bridgehead atoms. The highest BCUT2D eigenvalue weighted by atomic mass is 16.2. The molecule has 0 radical (unpaired) electrons. The summed E-state index contributed by atoms with van der Waals surface area (Å²) in [7, 11) is 0. The zero-order valence-corrected chi connectivity index (χ0v) is 8.42. The molecule has 0 aromatic heterocycles. The van der Waals surface area contributed by atoms with E-state index in [1.807, 2.05) is 6.92 Å². The Labute approximate surface area is 83.9 Å². The van der Waals surface area contributed by atoms with E-state index in [4.69, 9.17) is 5.26 Å². The molecule has 76 valence electrons. The summed E-state index contributed by atoms with van der Waals surface area (Å²) < 4.78 is 0. The molecule has 2 unspecified atom stereocenters. The van der Waals surface area contributed by atoms with Gasteiger partial charge in [0.25, 0.3) is 0 Å². The Kier molecular flexibility index (Phi) is 2.10. The molecule has 0 aliphatic carbocycles. The number of hydrogen-bond acceptors (Lipinski definition) is 3. The Morgan fingerprint density at radius 1 is 1.71 bits per heavy atom. The number of likely N-dealkylation sites (tertiary alicyclic amines) is 1. The maximum absolute atomic E-state index is 11.8. The first-order valence-electron chi connectivity index (χ1n) is 5.19. The van der Waals surface area contributed by atoms with Crippen molar-refractivity contribution < 1.29 is 4.79 Å². The molecule has 14 heavy (non-hydrogen) atoms. The summed E-state index contributed by atoms with van der Waals surface area (Å²) in [5, 5.41) is 11.8. The van der Waals surface area contributed by atoms with Crippen LogP contribution < -0.4 is 5.32 Å². The van der Waals surface area contributed by atoms with E-state index in [1.54, 1.807) is 4.90 Å². The minimum absolute atomic E-state index is 0.120. The van der Waals surface area contributed by atoms with E-state index in [9.17, 15) is 4.79 Å². The van der Waals surface area contributed by atoms with Crippen LogP contribution in [0.2, 0.25) is 0 Å². The van der Waals surface area contributed by atoms with Crippen LogP contribution in [-0.2, 0) is 4.79 Å². The molecular formula is C10H15N3O. The number of amides is 1. The molecule has 1 spiro atoms. The van der Waals surface area contributed by atoms with E-state index < -0.39 is 0 Å². The maximum atomic E-state index is 11.8. The number of carbonyl (C=O) groups is 1. The first kappa shape index (κ1) is 9.32. The predicted octanol–water partition coefficient (Wildman–Crippen LogP) is 0.458. The number of rotatable bonds is 1. The van der Waals surface area contributed by atoms with Crippen LogP contribution in [0.4, 0.5) is 0 Å². The van der Waals surface area contributed by atoms with Gasteiger partial charge in [-0.05, 0) is 19.3 Å². The molecular weight excluding hydrogens is 178 g/mol. The number of nitriles is 1. The van der Waals surface area contributed by atoms with Crippen LogP contribution in [0.25, 0.3) is 0 Å². The van der Waals surface area contributed by atoms with Crippen molar-refractivity contribution in [2.75, 3.05) is 13.1 Å². The quantitative estimate of drug-likeness (QED) is 0.615. The van der Waals surface area contributed by atoms with Gasteiger partial charge in [-0.15, -0.1) is 0 Å².